The predicted molar refractivity (Wildman–Crippen MR) is 32.5 cm³/mol. The zero-order valence-electron chi connectivity index (χ0n) is 5.31. The largest absolute Gasteiger partial charge is 0.246 e. The minimum atomic E-state index is -0.844. The predicted octanol–water partition coefficient (Wildman–Crippen LogP) is 2.04. The molecule has 0 aromatic rings. The van der Waals surface area contributed by atoms with E-state index in [2.05, 4.69) is 0 Å². The van der Waals surface area contributed by atoms with Crippen molar-refractivity contribution in [3.63, 3.8) is 0 Å². The van der Waals surface area contributed by atoms with Crippen LogP contribution in [-0.4, -0.2) is 6.17 Å². The second-order valence-corrected chi connectivity index (χ2v) is 2.54. The Bertz CT molecular complexity index is 127. The monoisotopic (exact) mass is 127 g/mol. The smallest absolute Gasteiger partial charge is 0.116 e. The van der Waals surface area contributed by atoms with Crippen LogP contribution in [0.3, 0.4) is 0 Å². The zero-order chi connectivity index (χ0) is 6.69. The number of nitrogens with zero attached hydrogens (tertiary/aromatic N) is 1. The van der Waals surface area contributed by atoms with E-state index in [0.29, 0.717) is 6.42 Å². The van der Waals surface area contributed by atoms with Crippen molar-refractivity contribution in [3.8, 4) is 6.07 Å². The quantitative estimate of drug-likeness (QED) is 0.488. The van der Waals surface area contributed by atoms with E-state index in [9.17, 15) is 4.39 Å². The van der Waals surface area contributed by atoms with Gasteiger partial charge in [0.2, 0.25) is 0 Å². The number of nitriles is 1. The highest BCUT2D eigenvalue weighted by Gasteiger charge is 2.23. The highest BCUT2D eigenvalue weighted by Crippen LogP contribution is 2.25. The Labute approximate surface area is 54.5 Å². The van der Waals surface area contributed by atoms with Crippen molar-refractivity contribution in [1.82, 2.24) is 0 Å². The van der Waals surface area contributed by atoms with Crippen molar-refractivity contribution in [2.24, 2.45) is 5.92 Å². The molecule has 0 heterocycles. The average molecular weight is 127 g/mol. The van der Waals surface area contributed by atoms with Crippen molar-refractivity contribution in [1.29, 1.82) is 5.26 Å². The van der Waals surface area contributed by atoms with Crippen molar-refractivity contribution >= 4 is 0 Å². The van der Waals surface area contributed by atoms with Crippen LogP contribution in [0, 0.1) is 17.2 Å². The maximum atomic E-state index is 12.6. The van der Waals surface area contributed by atoms with Gasteiger partial charge in [-0.2, -0.15) is 5.26 Å². The Kier molecular flexibility index (Phi) is 2.05. The second-order valence-electron chi connectivity index (χ2n) is 2.54. The summed E-state index contributed by atoms with van der Waals surface area (Å²) in [4.78, 5) is 0. The van der Waals surface area contributed by atoms with Gasteiger partial charge in [-0.15, -0.1) is 0 Å². The van der Waals surface area contributed by atoms with Crippen LogP contribution in [0.25, 0.3) is 0 Å². The Hall–Kier alpha value is -0.580. The molecule has 0 aliphatic heterocycles. The van der Waals surface area contributed by atoms with Gasteiger partial charge >= 0.3 is 0 Å². The lowest BCUT2D eigenvalue weighted by Gasteiger charge is -2.18. The molecule has 0 amide bonds. The van der Waals surface area contributed by atoms with Gasteiger partial charge in [-0.1, -0.05) is 12.8 Å². The molecule has 0 aromatic carbocycles. The summed E-state index contributed by atoms with van der Waals surface area (Å²) in [5.74, 6) is -0.307. The molecule has 50 valence electrons. The van der Waals surface area contributed by atoms with Crippen LogP contribution in [0.15, 0.2) is 0 Å². The van der Waals surface area contributed by atoms with E-state index < -0.39 is 6.17 Å². The molecule has 1 rings (SSSR count). The molecule has 0 N–H and O–H groups in total. The maximum Gasteiger partial charge on any atom is 0.116 e. The van der Waals surface area contributed by atoms with Crippen LogP contribution >= 0.6 is 0 Å². The fourth-order valence-corrected chi connectivity index (χ4v) is 1.23. The van der Waals surface area contributed by atoms with Crippen LogP contribution < -0.4 is 0 Å². The molecule has 1 aliphatic carbocycles. The van der Waals surface area contributed by atoms with Crippen molar-refractivity contribution < 1.29 is 4.39 Å². The van der Waals surface area contributed by atoms with Crippen molar-refractivity contribution in [2.45, 2.75) is 31.9 Å². The molecule has 9 heavy (non-hydrogen) atoms. The maximum absolute atomic E-state index is 12.6. The third-order valence-electron chi connectivity index (χ3n) is 1.85. The Morgan fingerprint density at radius 3 is 2.44 bits per heavy atom. The standard InChI is InChI=1S/C7H10FN/c8-7-4-2-1-3-6(7)5-9/h6-7H,1-4H2. The Morgan fingerprint density at radius 1 is 1.33 bits per heavy atom. The SMILES string of the molecule is N#CC1CCCCC1F. The van der Waals surface area contributed by atoms with E-state index in [1.807, 2.05) is 6.07 Å². The Morgan fingerprint density at radius 2 is 2.00 bits per heavy atom. The fraction of sp³-hybridized carbons (Fsp3) is 0.857. The van der Waals surface area contributed by atoms with Gasteiger partial charge in [0.05, 0.1) is 12.0 Å². The summed E-state index contributed by atoms with van der Waals surface area (Å²) in [5, 5.41) is 8.37. The van der Waals surface area contributed by atoms with Gasteiger partial charge in [0, 0.05) is 0 Å². The van der Waals surface area contributed by atoms with Crippen molar-refractivity contribution in [2.75, 3.05) is 0 Å². The van der Waals surface area contributed by atoms with Crippen LogP contribution in [-0.2, 0) is 0 Å². The first-order valence-electron chi connectivity index (χ1n) is 3.38. The van der Waals surface area contributed by atoms with E-state index >= 15 is 0 Å². The second kappa shape index (κ2) is 2.82. The number of alkyl halides is 1. The normalized spacial score (nSPS) is 35.6. The molecule has 0 bridgehead atoms. The highest BCUT2D eigenvalue weighted by molar-refractivity contribution is 4.90. The van der Waals surface area contributed by atoms with Crippen LogP contribution in [0.2, 0.25) is 0 Å². The average Bonchev–Trinajstić information content (AvgIpc) is 1.89. The molecule has 0 aromatic heterocycles. The summed E-state index contributed by atoms with van der Waals surface area (Å²) in [7, 11) is 0. The molecule has 0 spiro atoms. The third kappa shape index (κ3) is 1.41. The number of hydrogen-bond donors (Lipinski definition) is 0. The first kappa shape index (κ1) is 6.54. The van der Waals surface area contributed by atoms with E-state index in [0.717, 1.165) is 19.3 Å². The van der Waals surface area contributed by atoms with Crippen LogP contribution in [0.5, 0.6) is 0 Å². The van der Waals surface area contributed by atoms with Crippen LogP contribution in [0.4, 0.5) is 4.39 Å². The summed E-state index contributed by atoms with van der Waals surface area (Å²) < 4.78 is 12.6. The Balaban J connectivity index is 2.41. The van der Waals surface area contributed by atoms with Crippen molar-refractivity contribution in [3.05, 3.63) is 0 Å². The lowest BCUT2D eigenvalue weighted by Crippen LogP contribution is -2.18. The van der Waals surface area contributed by atoms with Gasteiger partial charge in [0.25, 0.3) is 0 Å². The molecule has 1 nitrogen and oxygen atoms in total. The first-order valence-corrected chi connectivity index (χ1v) is 3.38. The molecule has 2 heteroatoms. The lowest BCUT2D eigenvalue weighted by atomic mass is 9.89. The zero-order valence-corrected chi connectivity index (χ0v) is 5.31. The molecule has 2 unspecified atom stereocenters. The minimum absolute atomic E-state index is 0.307. The van der Waals surface area contributed by atoms with Gasteiger partial charge in [-0.25, -0.2) is 4.39 Å². The number of rotatable bonds is 0. The molecule has 1 fully saturated rings. The molecule has 1 saturated carbocycles. The van der Waals surface area contributed by atoms with Gasteiger partial charge in [-0.05, 0) is 12.8 Å². The van der Waals surface area contributed by atoms with Gasteiger partial charge in [-0.3, -0.25) is 0 Å². The van der Waals surface area contributed by atoms with E-state index in [-0.39, 0.29) is 5.92 Å². The molecule has 0 saturated heterocycles. The summed E-state index contributed by atoms with van der Waals surface area (Å²) in [5.41, 5.74) is 0. The van der Waals surface area contributed by atoms with Gasteiger partial charge in [0.15, 0.2) is 0 Å². The number of halogens is 1. The molecular weight excluding hydrogens is 117 g/mol. The summed E-state index contributed by atoms with van der Waals surface area (Å²) in [6.07, 6.45) is 2.50. The molecular formula is C7H10FN. The fourth-order valence-electron chi connectivity index (χ4n) is 1.23. The summed E-state index contributed by atoms with van der Waals surface area (Å²) in [6.45, 7) is 0. The van der Waals surface area contributed by atoms with E-state index in [4.69, 9.17) is 5.26 Å². The topological polar surface area (TPSA) is 23.8 Å². The minimum Gasteiger partial charge on any atom is -0.246 e. The molecule has 2 atom stereocenters. The lowest BCUT2D eigenvalue weighted by molar-refractivity contribution is 0.203. The summed E-state index contributed by atoms with van der Waals surface area (Å²) >= 11 is 0. The molecule has 1 aliphatic rings. The van der Waals surface area contributed by atoms with E-state index in [1.54, 1.807) is 0 Å². The van der Waals surface area contributed by atoms with Gasteiger partial charge in [0.1, 0.15) is 6.17 Å². The van der Waals surface area contributed by atoms with Crippen LogP contribution in [0.1, 0.15) is 25.7 Å². The van der Waals surface area contributed by atoms with Gasteiger partial charge < -0.3 is 0 Å². The first-order chi connectivity index (χ1) is 4.34. The van der Waals surface area contributed by atoms with E-state index in [1.165, 1.54) is 0 Å². The molecule has 0 radical (unpaired) electrons. The highest BCUT2D eigenvalue weighted by atomic mass is 19.1. The summed E-state index contributed by atoms with van der Waals surface area (Å²) in [6, 6.07) is 1.98. The third-order valence-corrected chi connectivity index (χ3v) is 1.85. The number of hydrogen-bond acceptors (Lipinski definition) is 1.